The minimum absolute atomic E-state index is 0.251. The maximum Gasteiger partial charge on any atom is 0.410 e. The number of nitrogens with two attached hydrogens (primary N) is 1. The molecule has 2 rings (SSSR count). The molecule has 0 bridgehead atoms. The van der Waals surface area contributed by atoms with Crippen LogP contribution in [0.4, 0.5) is 10.5 Å². The van der Waals surface area contributed by atoms with E-state index < -0.39 is 28.2 Å². The summed E-state index contributed by atoms with van der Waals surface area (Å²) < 4.78 is 6.50. The first-order valence-electron chi connectivity index (χ1n) is 6.60. The summed E-state index contributed by atoms with van der Waals surface area (Å²) in [5.74, 6) is -0.964. The lowest BCUT2D eigenvalue weighted by atomic mass is 10.1. The number of ether oxygens (including phenoxy) is 1. The molecule has 0 atom stereocenters. The molecule has 2 amide bonds. The average Bonchev–Trinajstić information content (AvgIpc) is 2.69. The summed E-state index contributed by atoms with van der Waals surface area (Å²) in [6.45, 7) is 5.88. The molecule has 0 saturated carbocycles. The van der Waals surface area contributed by atoms with E-state index >= 15 is 0 Å². The van der Waals surface area contributed by atoms with Gasteiger partial charge in [0, 0.05) is 13.1 Å². The summed E-state index contributed by atoms with van der Waals surface area (Å²) in [4.78, 5) is 34.5. The highest BCUT2D eigenvalue weighted by Crippen LogP contribution is 2.26. The number of amides is 2. The van der Waals surface area contributed by atoms with E-state index in [9.17, 15) is 19.7 Å². The van der Waals surface area contributed by atoms with Gasteiger partial charge < -0.3 is 15.4 Å². The van der Waals surface area contributed by atoms with E-state index in [4.69, 9.17) is 10.5 Å². The smallest absolute Gasteiger partial charge is 0.410 e. The molecule has 1 aromatic rings. The topological polar surface area (TPSA) is 134 Å². The van der Waals surface area contributed by atoms with Gasteiger partial charge in [-0.1, -0.05) is 0 Å². The van der Waals surface area contributed by atoms with Gasteiger partial charge in [-0.2, -0.15) is 5.10 Å². The fourth-order valence-electron chi connectivity index (χ4n) is 1.98. The third kappa shape index (κ3) is 3.15. The molecule has 1 aliphatic rings. The minimum atomic E-state index is -0.964. The zero-order valence-electron chi connectivity index (χ0n) is 12.5. The predicted molar refractivity (Wildman–Crippen MR) is 74.2 cm³/mol. The summed E-state index contributed by atoms with van der Waals surface area (Å²) >= 11 is 0. The molecule has 0 spiro atoms. The molecule has 2 N–H and O–H groups in total. The van der Waals surface area contributed by atoms with Gasteiger partial charge in [0.1, 0.15) is 11.8 Å². The molecule has 1 aromatic heterocycles. The second kappa shape index (κ2) is 5.28. The Kier molecular flexibility index (Phi) is 3.77. The Morgan fingerprint density at radius 3 is 2.45 bits per heavy atom. The summed E-state index contributed by atoms with van der Waals surface area (Å²) in [5.41, 5.74) is 3.65. The number of carbonyl (C=O) groups excluding carboxylic acids is 2. The van der Waals surface area contributed by atoms with Crippen molar-refractivity contribution in [3.63, 3.8) is 0 Å². The Bertz CT molecular complexity index is 595. The number of primary amides is 1. The predicted octanol–water partition coefficient (Wildman–Crippen LogP) is 0.682. The van der Waals surface area contributed by atoms with Gasteiger partial charge in [0.25, 0.3) is 5.91 Å². The van der Waals surface area contributed by atoms with E-state index in [-0.39, 0.29) is 11.7 Å². The van der Waals surface area contributed by atoms with Crippen LogP contribution >= 0.6 is 0 Å². The summed E-state index contributed by atoms with van der Waals surface area (Å²) in [6.07, 6.45) is 0.692. The minimum Gasteiger partial charge on any atom is -0.444 e. The number of likely N-dealkylation sites (tertiary alicyclic amines) is 1. The lowest BCUT2D eigenvalue weighted by Crippen LogP contribution is -2.52. The highest BCUT2D eigenvalue weighted by atomic mass is 16.6. The molecular weight excluding hydrogens is 294 g/mol. The van der Waals surface area contributed by atoms with Crippen LogP contribution in [-0.2, 0) is 4.74 Å². The number of rotatable bonds is 3. The van der Waals surface area contributed by atoms with E-state index in [2.05, 4.69) is 5.10 Å². The molecule has 1 aliphatic heterocycles. The van der Waals surface area contributed by atoms with Crippen LogP contribution in [0.5, 0.6) is 0 Å². The molecule has 1 saturated heterocycles. The Morgan fingerprint density at radius 2 is 2.05 bits per heavy atom. The van der Waals surface area contributed by atoms with Crippen LogP contribution in [0.25, 0.3) is 0 Å². The molecule has 22 heavy (non-hydrogen) atoms. The number of hydrogen-bond acceptors (Lipinski definition) is 6. The zero-order valence-corrected chi connectivity index (χ0v) is 12.5. The van der Waals surface area contributed by atoms with Crippen LogP contribution in [-0.4, -0.2) is 50.3 Å². The molecule has 1 fully saturated rings. The van der Waals surface area contributed by atoms with Crippen molar-refractivity contribution in [2.75, 3.05) is 13.1 Å². The quantitative estimate of drug-likeness (QED) is 0.644. The van der Waals surface area contributed by atoms with Crippen LogP contribution in [0, 0.1) is 10.1 Å². The molecule has 120 valence electrons. The normalized spacial score (nSPS) is 15.3. The third-order valence-electron chi connectivity index (χ3n) is 3.03. The Hall–Kier alpha value is -2.65. The van der Waals surface area contributed by atoms with Gasteiger partial charge in [-0.05, 0) is 20.8 Å². The monoisotopic (exact) mass is 311 g/mol. The van der Waals surface area contributed by atoms with E-state index in [1.165, 1.54) is 9.58 Å². The number of aromatic nitrogens is 2. The molecule has 2 heterocycles. The largest absolute Gasteiger partial charge is 0.444 e. The first-order valence-corrected chi connectivity index (χ1v) is 6.60. The van der Waals surface area contributed by atoms with Gasteiger partial charge in [0.05, 0.1) is 11.0 Å². The van der Waals surface area contributed by atoms with Crippen molar-refractivity contribution in [3.05, 3.63) is 22.0 Å². The van der Waals surface area contributed by atoms with Crippen molar-refractivity contribution in [1.29, 1.82) is 0 Å². The van der Waals surface area contributed by atoms with E-state index in [0.717, 1.165) is 6.20 Å². The third-order valence-corrected chi connectivity index (χ3v) is 3.03. The van der Waals surface area contributed by atoms with E-state index in [1.54, 1.807) is 20.8 Å². The first kappa shape index (κ1) is 15.7. The second-order valence-electron chi connectivity index (χ2n) is 6.00. The van der Waals surface area contributed by atoms with E-state index in [0.29, 0.717) is 13.1 Å². The van der Waals surface area contributed by atoms with Gasteiger partial charge >= 0.3 is 11.8 Å². The van der Waals surface area contributed by atoms with Gasteiger partial charge in [-0.15, -0.1) is 0 Å². The lowest BCUT2D eigenvalue weighted by molar-refractivity contribution is -0.385. The Balaban J connectivity index is 2.05. The fourth-order valence-corrected chi connectivity index (χ4v) is 1.98. The summed E-state index contributed by atoms with van der Waals surface area (Å²) in [7, 11) is 0. The molecule has 10 heteroatoms. The van der Waals surface area contributed by atoms with Crippen LogP contribution in [0.3, 0.4) is 0 Å². The maximum atomic E-state index is 11.8. The van der Waals surface area contributed by atoms with Crippen LogP contribution in [0.1, 0.15) is 37.3 Å². The highest BCUT2D eigenvalue weighted by molar-refractivity contribution is 5.94. The fraction of sp³-hybridized carbons (Fsp3) is 0.583. The van der Waals surface area contributed by atoms with Crippen molar-refractivity contribution in [2.45, 2.75) is 32.4 Å². The molecule has 10 nitrogen and oxygen atoms in total. The van der Waals surface area contributed by atoms with Crippen LogP contribution in [0.2, 0.25) is 0 Å². The molecule has 0 radical (unpaired) electrons. The number of carbonyl (C=O) groups is 2. The van der Waals surface area contributed by atoms with Crippen molar-refractivity contribution in [2.24, 2.45) is 5.73 Å². The van der Waals surface area contributed by atoms with Crippen molar-refractivity contribution >= 4 is 17.7 Å². The highest BCUT2D eigenvalue weighted by Gasteiger charge is 2.37. The zero-order chi connectivity index (χ0) is 16.7. The van der Waals surface area contributed by atoms with Gasteiger partial charge in [-0.3, -0.25) is 19.6 Å². The van der Waals surface area contributed by atoms with E-state index in [1.807, 2.05) is 0 Å². The molecule has 0 unspecified atom stereocenters. The molecular formula is C12H17N5O5. The van der Waals surface area contributed by atoms with Crippen molar-refractivity contribution in [3.8, 4) is 0 Å². The van der Waals surface area contributed by atoms with Crippen LogP contribution < -0.4 is 5.73 Å². The number of nitrogens with zero attached hydrogens (tertiary/aromatic N) is 4. The summed E-state index contributed by atoms with van der Waals surface area (Å²) in [5, 5.41) is 14.7. The maximum absolute atomic E-state index is 11.8. The molecule has 0 aliphatic carbocycles. The molecule has 0 aromatic carbocycles. The van der Waals surface area contributed by atoms with Crippen LogP contribution in [0.15, 0.2) is 6.20 Å². The number of nitro groups is 1. The standard InChI is InChI=1S/C12H17N5O5/c1-12(2,3)22-11(19)15-4-7(5-15)16-6-8(17(20)21)9(14-16)10(13)18/h6-7H,4-5H2,1-3H3,(H2,13,18). The Labute approximate surface area is 126 Å². The van der Waals surface area contributed by atoms with Gasteiger partial charge in [0.15, 0.2) is 0 Å². The van der Waals surface area contributed by atoms with Gasteiger partial charge in [-0.25, -0.2) is 4.79 Å². The lowest BCUT2D eigenvalue weighted by Gasteiger charge is -2.39. The van der Waals surface area contributed by atoms with Gasteiger partial charge in [0.2, 0.25) is 5.69 Å². The Morgan fingerprint density at radius 1 is 1.45 bits per heavy atom. The second-order valence-corrected chi connectivity index (χ2v) is 6.00. The van der Waals surface area contributed by atoms with Crippen molar-refractivity contribution in [1.82, 2.24) is 14.7 Å². The summed E-state index contributed by atoms with van der Waals surface area (Å²) in [6, 6.07) is -0.251. The average molecular weight is 311 g/mol. The SMILES string of the molecule is CC(C)(C)OC(=O)N1CC(n2cc([N+](=O)[O-])c(C(N)=O)n2)C1. The van der Waals surface area contributed by atoms with Crippen molar-refractivity contribution < 1.29 is 19.2 Å². The number of hydrogen-bond donors (Lipinski definition) is 1. The first-order chi connectivity index (χ1) is 10.1.